The number of carbonyl (C=O) groups is 2. The van der Waals surface area contributed by atoms with Crippen molar-refractivity contribution in [1.82, 2.24) is 0 Å². The lowest BCUT2D eigenvalue weighted by Gasteiger charge is -2.14. The molecule has 0 spiro atoms. The molecule has 0 aliphatic heterocycles. The fraction of sp³-hybridized carbons (Fsp3) is 0.161. The van der Waals surface area contributed by atoms with Crippen LogP contribution in [0.25, 0.3) is 0 Å². The van der Waals surface area contributed by atoms with Crippen molar-refractivity contribution in [2.75, 3.05) is 0 Å². The molecule has 0 radical (unpaired) electrons. The highest BCUT2D eigenvalue weighted by Gasteiger charge is 2.19. The molecule has 38 heavy (non-hydrogen) atoms. The fourth-order valence-electron chi connectivity index (χ4n) is 4.55. The highest BCUT2D eigenvalue weighted by atomic mass is 32.2. The number of hydrogen-bond acceptors (Lipinski definition) is 4. The summed E-state index contributed by atoms with van der Waals surface area (Å²) < 4.78 is 26.5. The molecular weight excluding hydrogens is 500 g/mol. The Labute approximate surface area is 222 Å². The topological polar surface area (TPSA) is 109 Å². The van der Waals surface area contributed by atoms with Gasteiger partial charge in [0.2, 0.25) is 9.84 Å². The predicted octanol–water partition coefficient (Wildman–Crippen LogP) is 6.02. The van der Waals surface area contributed by atoms with Crippen molar-refractivity contribution in [2.24, 2.45) is 0 Å². The van der Waals surface area contributed by atoms with Crippen LogP contribution >= 0.6 is 0 Å². The van der Waals surface area contributed by atoms with E-state index in [4.69, 9.17) is 0 Å². The van der Waals surface area contributed by atoms with Crippen LogP contribution in [-0.2, 0) is 22.7 Å². The van der Waals surface area contributed by atoms with Crippen LogP contribution in [0.3, 0.4) is 0 Å². The van der Waals surface area contributed by atoms with Crippen LogP contribution in [0.1, 0.15) is 59.7 Å². The third kappa shape index (κ3) is 5.68. The predicted molar refractivity (Wildman–Crippen MR) is 145 cm³/mol. The number of sulfone groups is 1. The second-order valence-electron chi connectivity index (χ2n) is 9.51. The fourth-order valence-corrected chi connectivity index (χ4v) is 5.99. The van der Waals surface area contributed by atoms with E-state index in [9.17, 15) is 28.2 Å². The van der Waals surface area contributed by atoms with Gasteiger partial charge < -0.3 is 10.2 Å². The van der Waals surface area contributed by atoms with E-state index in [1.54, 1.807) is 68.4 Å². The molecule has 0 heterocycles. The monoisotopic (exact) mass is 528 g/mol. The Morgan fingerprint density at radius 3 is 1.92 bits per heavy atom. The molecule has 0 atom stereocenters. The van der Waals surface area contributed by atoms with Gasteiger partial charge in [0.25, 0.3) is 0 Å². The van der Waals surface area contributed by atoms with Gasteiger partial charge in [-0.3, -0.25) is 0 Å². The van der Waals surface area contributed by atoms with E-state index >= 15 is 0 Å². The first-order valence-electron chi connectivity index (χ1n) is 12.0. The Morgan fingerprint density at radius 2 is 1.26 bits per heavy atom. The van der Waals surface area contributed by atoms with Crippen molar-refractivity contribution in [2.45, 2.75) is 43.4 Å². The standard InChI is InChI=1S/C31H28O6S/c1-19-6-4-8-26(12-19)38(36,37)27-9-5-7-22(16-27)14-25-15-24(18-29(21(25)3)31(34)35)13-23-11-10-20(2)28(17-23)30(32)33/h4-12,15-18H,13-14H2,1-3H3,(H,32,33)(H,34,35). The quantitative estimate of drug-likeness (QED) is 0.289. The van der Waals surface area contributed by atoms with Gasteiger partial charge in [-0.25, -0.2) is 18.0 Å². The van der Waals surface area contributed by atoms with Gasteiger partial charge in [0.15, 0.2) is 0 Å². The summed E-state index contributed by atoms with van der Waals surface area (Å²) in [6.45, 7) is 5.31. The van der Waals surface area contributed by atoms with E-state index in [0.29, 0.717) is 24.0 Å². The summed E-state index contributed by atoms with van der Waals surface area (Å²) in [5, 5.41) is 19.3. The maximum absolute atomic E-state index is 13.2. The summed E-state index contributed by atoms with van der Waals surface area (Å²) in [5.41, 5.74) is 5.44. The first kappa shape index (κ1) is 26.8. The van der Waals surface area contributed by atoms with E-state index in [1.807, 2.05) is 31.2 Å². The molecule has 0 saturated carbocycles. The van der Waals surface area contributed by atoms with Crippen molar-refractivity contribution in [3.8, 4) is 0 Å². The van der Waals surface area contributed by atoms with E-state index in [-0.39, 0.29) is 20.9 Å². The Kier molecular flexibility index (Phi) is 7.51. The second kappa shape index (κ2) is 10.6. The number of carboxylic acids is 2. The first-order chi connectivity index (χ1) is 18.0. The number of aromatic carboxylic acids is 2. The molecule has 0 saturated heterocycles. The molecule has 0 aliphatic rings. The second-order valence-corrected chi connectivity index (χ2v) is 11.5. The third-order valence-corrected chi connectivity index (χ3v) is 8.40. The van der Waals surface area contributed by atoms with Crippen molar-refractivity contribution in [1.29, 1.82) is 0 Å². The highest BCUT2D eigenvalue weighted by molar-refractivity contribution is 7.91. The molecule has 0 aliphatic carbocycles. The van der Waals surface area contributed by atoms with Crippen LogP contribution in [0.4, 0.5) is 0 Å². The van der Waals surface area contributed by atoms with Crippen molar-refractivity contribution < 1.29 is 28.2 Å². The molecule has 2 N–H and O–H groups in total. The SMILES string of the molecule is Cc1cccc(S(=O)(=O)c2cccc(Cc3cc(Cc4ccc(C)c(C(=O)O)c4)cc(C(=O)O)c3C)c2)c1. The van der Waals surface area contributed by atoms with Gasteiger partial charge in [0.05, 0.1) is 20.9 Å². The van der Waals surface area contributed by atoms with Crippen molar-refractivity contribution in [3.05, 3.63) is 129 Å². The van der Waals surface area contributed by atoms with E-state index in [2.05, 4.69) is 0 Å². The molecule has 7 heteroatoms. The molecule has 4 aromatic rings. The molecule has 4 aromatic carbocycles. The van der Waals surface area contributed by atoms with Gasteiger partial charge in [-0.2, -0.15) is 0 Å². The van der Waals surface area contributed by atoms with Crippen molar-refractivity contribution >= 4 is 21.8 Å². The smallest absolute Gasteiger partial charge is 0.335 e. The van der Waals surface area contributed by atoms with Crippen LogP contribution in [-0.4, -0.2) is 30.6 Å². The Balaban J connectivity index is 1.71. The van der Waals surface area contributed by atoms with Crippen molar-refractivity contribution in [3.63, 3.8) is 0 Å². The minimum atomic E-state index is -3.71. The lowest BCUT2D eigenvalue weighted by Crippen LogP contribution is -2.07. The molecule has 194 valence electrons. The zero-order valence-corrected chi connectivity index (χ0v) is 22.2. The van der Waals surface area contributed by atoms with Gasteiger partial charge in [-0.15, -0.1) is 0 Å². The summed E-state index contributed by atoms with van der Waals surface area (Å²) >= 11 is 0. The van der Waals surface area contributed by atoms with E-state index in [1.165, 1.54) is 0 Å². The van der Waals surface area contributed by atoms with E-state index < -0.39 is 21.8 Å². The van der Waals surface area contributed by atoms with Crippen LogP contribution in [0.2, 0.25) is 0 Å². The molecule has 0 amide bonds. The van der Waals surface area contributed by atoms with Crippen LogP contribution in [0.15, 0.2) is 88.7 Å². The van der Waals surface area contributed by atoms with Crippen LogP contribution in [0, 0.1) is 20.8 Å². The maximum atomic E-state index is 13.2. The molecule has 6 nitrogen and oxygen atoms in total. The van der Waals surface area contributed by atoms with Gasteiger partial charge in [-0.05, 0) is 109 Å². The van der Waals surface area contributed by atoms with Crippen LogP contribution in [0.5, 0.6) is 0 Å². The molecule has 0 unspecified atom stereocenters. The van der Waals surface area contributed by atoms with Gasteiger partial charge in [0.1, 0.15) is 0 Å². The summed E-state index contributed by atoms with van der Waals surface area (Å²) in [6, 6.07) is 22.2. The highest BCUT2D eigenvalue weighted by Crippen LogP contribution is 2.26. The summed E-state index contributed by atoms with van der Waals surface area (Å²) in [7, 11) is -3.71. The number of hydrogen-bond donors (Lipinski definition) is 2. The van der Waals surface area contributed by atoms with Gasteiger partial charge in [-0.1, -0.05) is 42.5 Å². The Morgan fingerprint density at radius 1 is 0.658 bits per heavy atom. The first-order valence-corrected chi connectivity index (χ1v) is 13.5. The van der Waals surface area contributed by atoms with Gasteiger partial charge >= 0.3 is 11.9 Å². The molecule has 4 rings (SSSR count). The zero-order chi connectivity index (χ0) is 27.6. The molecule has 0 bridgehead atoms. The van der Waals surface area contributed by atoms with E-state index in [0.717, 1.165) is 27.8 Å². The largest absolute Gasteiger partial charge is 0.478 e. The molecular formula is C31H28O6S. The molecule has 0 aromatic heterocycles. The maximum Gasteiger partial charge on any atom is 0.335 e. The lowest BCUT2D eigenvalue weighted by molar-refractivity contribution is 0.0685. The van der Waals surface area contributed by atoms with Gasteiger partial charge in [0, 0.05) is 0 Å². The number of aryl methyl sites for hydroxylation is 2. The minimum absolute atomic E-state index is 0.159. The summed E-state index contributed by atoms with van der Waals surface area (Å²) in [6.07, 6.45) is 0.696. The third-order valence-electron chi connectivity index (χ3n) is 6.65. The average molecular weight is 529 g/mol. The molecule has 0 fully saturated rings. The average Bonchev–Trinajstić information content (AvgIpc) is 2.87. The number of rotatable bonds is 8. The summed E-state index contributed by atoms with van der Waals surface area (Å²) in [5.74, 6) is -2.07. The normalized spacial score (nSPS) is 11.3. The minimum Gasteiger partial charge on any atom is -0.478 e. The Bertz CT molecular complexity index is 1670. The van der Waals surface area contributed by atoms with Crippen LogP contribution < -0.4 is 0 Å². The number of benzene rings is 4. The lowest BCUT2D eigenvalue weighted by atomic mass is 9.91. The number of carboxylic acid groups (broad SMARTS) is 2. The summed E-state index contributed by atoms with van der Waals surface area (Å²) in [4.78, 5) is 24.0. The zero-order valence-electron chi connectivity index (χ0n) is 21.4. The Hall–Kier alpha value is -4.23.